The second-order valence-electron chi connectivity index (χ2n) is 6.75. The molecule has 1 fully saturated rings. The molecule has 0 radical (unpaired) electrons. The zero-order chi connectivity index (χ0) is 24.1. The van der Waals surface area contributed by atoms with Crippen LogP contribution in [0, 0.1) is 0 Å². The summed E-state index contributed by atoms with van der Waals surface area (Å²) in [6.07, 6.45) is 1.52. The summed E-state index contributed by atoms with van der Waals surface area (Å²) >= 11 is 0.727. The number of benzene rings is 1. The SMILES string of the molecule is CCOc1cc(C=C2SC(=O)N(C(C)C(=O)OC)C2=O)ccc1OCc1ccc(C(=O)O)o1. The first-order valence-electron chi connectivity index (χ1n) is 9.81. The Morgan fingerprint density at radius 1 is 1.18 bits per heavy atom. The topological polar surface area (TPSA) is 133 Å². The van der Waals surface area contributed by atoms with Crippen LogP contribution in [0.15, 0.2) is 39.7 Å². The molecule has 1 aromatic heterocycles. The van der Waals surface area contributed by atoms with Crippen molar-refractivity contribution in [2.45, 2.75) is 26.5 Å². The molecule has 1 atom stereocenters. The van der Waals surface area contributed by atoms with E-state index < -0.39 is 29.1 Å². The van der Waals surface area contributed by atoms with Crippen LogP contribution in [0.2, 0.25) is 0 Å². The van der Waals surface area contributed by atoms with E-state index in [0.717, 1.165) is 16.7 Å². The van der Waals surface area contributed by atoms with E-state index in [4.69, 9.17) is 19.0 Å². The molecule has 11 heteroatoms. The molecule has 2 aromatic rings. The van der Waals surface area contributed by atoms with Gasteiger partial charge in [-0.2, -0.15) is 0 Å². The quantitative estimate of drug-likeness (QED) is 0.424. The summed E-state index contributed by atoms with van der Waals surface area (Å²) in [5.74, 6) is -1.55. The van der Waals surface area contributed by atoms with E-state index in [0.29, 0.717) is 29.4 Å². The van der Waals surface area contributed by atoms with Crippen molar-refractivity contribution in [1.82, 2.24) is 4.90 Å². The number of aromatic carboxylic acids is 1. The van der Waals surface area contributed by atoms with Gasteiger partial charge in [-0.05, 0) is 61.5 Å². The lowest BCUT2D eigenvalue weighted by atomic mass is 10.1. The Bertz CT molecular complexity index is 1120. The van der Waals surface area contributed by atoms with Crippen molar-refractivity contribution in [3.8, 4) is 11.5 Å². The first kappa shape index (κ1) is 23.9. The minimum Gasteiger partial charge on any atom is -0.490 e. The Morgan fingerprint density at radius 3 is 2.58 bits per heavy atom. The lowest BCUT2D eigenvalue weighted by molar-refractivity contribution is -0.148. The summed E-state index contributed by atoms with van der Waals surface area (Å²) in [4.78, 5) is 48.6. The number of carbonyl (C=O) groups is 4. The number of amides is 2. The van der Waals surface area contributed by atoms with E-state index in [1.54, 1.807) is 25.1 Å². The normalized spacial score (nSPS) is 15.6. The minimum absolute atomic E-state index is 0.0169. The number of ether oxygens (including phenoxy) is 3. The molecule has 174 valence electrons. The zero-order valence-corrected chi connectivity index (χ0v) is 18.8. The maximum atomic E-state index is 12.7. The van der Waals surface area contributed by atoms with Crippen LogP contribution < -0.4 is 9.47 Å². The van der Waals surface area contributed by atoms with Crippen molar-refractivity contribution < 1.29 is 42.9 Å². The van der Waals surface area contributed by atoms with Gasteiger partial charge in [0, 0.05) is 0 Å². The number of nitrogens with zero attached hydrogens (tertiary/aromatic N) is 1. The van der Waals surface area contributed by atoms with Crippen LogP contribution in [0.1, 0.15) is 35.7 Å². The molecule has 3 rings (SSSR count). The van der Waals surface area contributed by atoms with Gasteiger partial charge in [0.2, 0.25) is 5.76 Å². The van der Waals surface area contributed by atoms with Crippen LogP contribution in [0.4, 0.5) is 4.79 Å². The minimum atomic E-state index is -1.17. The number of esters is 1. The predicted octanol–water partition coefficient (Wildman–Crippen LogP) is 3.55. The molecule has 0 aliphatic carbocycles. The molecular weight excluding hydrogens is 454 g/mol. The fourth-order valence-corrected chi connectivity index (χ4v) is 3.87. The highest BCUT2D eigenvalue weighted by molar-refractivity contribution is 8.18. The average molecular weight is 475 g/mol. The van der Waals surface area contributed by atoms with E-state index >= 15 is 0 Å². The van der Waals surface area contributed by atoms with Crippen LogP contribution in [-0.2, 0) is 20.9 Å². The number of methoxy groups -OCH3 is 1. The number of carboxylic acids is 1. The third-order valence-corrected chi connectivity index (χ3v) is 5.44. The molecule has 10 nitrogen and oxygen atoms in total. The molecule has 1 N–H and O–H groups in total. The molecule has 1 aliphatic rings. The van der Waals surface area contributed by atoms with Gasteiger partial charge in [-0.3, -0.25) is 14.5 Å². The van der Waals surface area contributed by atoms with Crippen molar-refractivity contribution in [1.29, 1.82) is 0 Å². The molecule has 2 heterocycles. The third-order valence-electron chi connectivity index (χ3n) is 4.56. The second kappa shape index (κ2) is 10.3. The van der Waals surface area contributed by atoms with E-state index in [2.05, 4.69) is 4.74 Å². The highest BCUT2D eigenvalue weighted by Gasteiger charge is 2.41. The van der Waals surface area contributed by atoms with Gasteiger partial charge in [-0.25, -0.2) is 9.59 Å². The van der Waals surface area contributed by atoms with Gasteiger partial charge < -0.3 is 23.7 Å². The molecule has 1 aromatic carbocycles. The molecule has 33 heavy (non-hydrogen) atoms. The second-order valence-corrected chi connectivity index (χ2v) is 7.74. The maximum Gasteiger partial charge on any atom is 0.371 e. The summed E-state index contributed by atoms with van der Waals surface area (Å²) in [7, 11) is 1.18. The average Bonchev–Trinajstić information content (AvgIpc) is 3.37. The summed E-state index contributed by atoms with van der Waals surface area (Å²) in [5, 5.41) is 8.37. The van der Waals surface area contributed by atoms with E-state index in [9.17, 15) is 19.2 Å². The molecule has 1 saturated heterocycles. The van der Waals surface area contributed by atoms with Crippen molar-refractivity contribution in [3.05, 3.63) is 52.3 Å². The molecule has 1 unspecified atom stereocenters. The number of carboxylic acid groups (broad SMARTS) is 1. The van der Waals surface area contributed by atoms with Crippen LogP contribution in [0.5, 0.6) is 11.5 Å². The predicted molar refractivity (Wildman–Crippen MR) is 117 cm³/mol. The van der Waals surface area contributed by atoms with Crippen molar-refractivity contribution in [2.75, 3.05) is 13.7 Å². The summed E-state index contributed by atoms with van der Waals surface area (Å²) in [6.45, 7) is 3.54. The van der Waals surface area contributed by atoms with Crippen LogP contribution in [-0.4, -0.2) is 52.8 Å². The van der Waals surface area contributed by atoms with Gasteiger partial charge in [0.15, 0.2) is 11.5 Å². The van der Waals surface area contributed by atoms with Crippen molar-refractivity contribution >= 4 is 40.9 Å². The number of thioether (sulfide) groups is 1. The molecule has 0 bridgehead atoms. The molecule has 1 aliphatic heterocycles. The van der Waals surface area contributed by atoms with Gasteiger partial charge in [0.25, 0.3) is 11.1 Å². The van der Waals surface area contributed by atoms with Gasteiger partial charge in [-0.1, -0.05) is 6.07 Å². The monoisotopic (exact) mass is 475 g/mol. The molecule has 2 amide bonds. The fraction of sp³-hybridized carbons (Fsp3) is 0.273. The Morgan fingerprint density at radius 2 is 1.94 bits per heavy atom. The Labute approximate surface area is 193 Å². The van der Waals surface area contributed by atoms with Crippen LogP contribution in [0.3, 0.4) is 0 Å². The van der Waals surface area contributed by atoms with Gasteiger partial charge in [-0.15, -0.1) is 0 Å². The standard InChI is InChI=1S/C22H21NO9S/c1-4-30-17-9-13(5-7-15(17)31-11-14-6-8-16(32-14)20(25)26)10-18-19(24)23(22(28)33-18)12(2)21(27)29-3/h5-10,12H,4,11H2,1-3H3,(H,25,26). The number of furan rings is 1. The van der Waals surface area contributed by atoms with Crippen LogP contribution in [0.25, 0.3) is 6.08 Å². The largest absolute Gasteiger partial charge is 0.490 e. The number of rotatable bonds is 9. The number of hydrogen-bond acceptors (Lipinski definition) is 9. The smallest absolute Gasteiger partial charge is 0.371 e. The summed E-state index contributed by atoms with van der Waals surface area (Å²) in [6, 6.07) is 6.73. The van der Waals surface area contributed by atoms with Gasteiger partial charge >= 0.3 is 11.9 Å². The summed E-state index contributed by atoms with van der Waals surface area (Å²) in [5.41, 5.74) is 0.577. The van der Waals surface area contributed by atoms with E-state index in [1.807, 2.05) is 0 Å². The van der Waals surface area contributed by atoms with E-state index in [-0.39, 0.29) is 17.3 Å². The fourth-order valence-electron chi connectivity index (χ4n) is 2.96. The lowest BCUT2D eigenvalue weighted by Gasteiger charge is -2.18. The highest BCUT2D eigenvalue weighted by atomic mass is 32.2. The third kappa shape index (κ3) is 5.37. The van der Waals surface area contributed by atoms with E-state index in [1.165, 1.54) is 32.2 Å². The van der Waals surface area contributed by atoms with Crippen LogP contribution >= 0.6 is 11.8 Å². The summed E-state index contributed by atoms with van der Waals surface area (Å²) < 4.78 is 21.1. The zero-order valence-electron chi connectivity index (χ0n) is 18.0. The molecule has 0 spiro atoms. The maximum absolute atomic E-state index is 12.7. The Balaban J connectivity index is 1.78. The first-order valence-corrected chi connectivity index (χ1v) is 10.6. The number of hydrogen-bond donors (Lipinski definition) is 1. The van der Waals surface area contributed by atoms with Crippen molar-refractivity contribution in [3.63, 3.8) is 0 Å². The van der Waals surface area contributed by atoms with Crippen molar-refractivity contribution in [2.24, 2.45) is 0 Å². The lowest BCUT2D eigenvalue weighted by Crippen LogP contribution is -2.42. The first-order chi connectivity index (χ1) is 15.7. The number of carbonyl (C=O) groups excluding carboxylic acids is 3. The molecular formula is C22H21NO9S. The number of imide groups is 1. The van der Waals surface area contributed by atoms with Gasteiger partial charge in [0.1, 0.15) is 18.4 Å². The highest BCUT2D eigenvalue weighted by Crippen LogP contribution is 2.36. The van der Waals surface area contributed by atoms with Gasteiger partial charge in [0.05, 0.1) is 18.6 Å². The Hall–Kier alpha value is -3.73. The Kier molecular flexibility index (Phi) is 7.44. The molecule has 0 saturated carbocycles.